The van der Waals surface area contributed by atoms with E-state index in [9.17, 15) is 22.8 Å². The van der Waals surface area contributed by atoms with Gasteiger partial charge in [-0.3, -0.25) is 14.2 Å². The molecule has 3 N–H and O–H groups in total. The van der Waals surface area contributed by atoms with Gasteiger partial charge in [0.05, 0.1) is 10.9 Å². The number of allylic oxidation sites excluding steroid dienone is 3. The van der Waals surface area contributed by atoms with Crippen LogP contribution < -0.4 is 16.1 Å². The number of nitrogens with one attached hydrogen (secondary N) is 2. The predicted octanol–water partition coefficient (Wildman–Crippen LogP) is 4.57. The van der Waals surface area contributed by atoms with Gasteiger partial charge < -0.3 is 15.7 Å². The first-order valence-corrected chi connectivity index (χ1v) is 9.57. The number of hydrogen-bond acceptors (Lipinski definition) is 5. The van der Waals surface area contributed by atoms with Crippen molar-refractivity contribution < 1.29 is 23.1 Å². The highest BCUT2D eigenvalue weighted by Crippen LogP contribution is 2.36. The smallest absolute Gasteiger partial charge is 0.417 e. The SMILES string of the molecule is C=C/C=C(\C=C)Nc1cc(=O)c2c(C(F)(F)F)cc(NCC(=O)O)nc2n1-c1ccccc1. The summed E-state index contributed by atoms with van der Waals surface area (Å²) in [5.41, 5.74) is -1.59. The van der Waals surface area contributed by atoms with Crippen molar-refractivity contribution in [3.05, 3.63) is 95.3 Å². The minimum atomic E-state index is -4.89. The molecule has 0 aliphatic carbocycles. The summed E-state index contributed by atoms with van der Waals surface area (Å²) in [5, 5.41) is 13.6. The molecular weight excluding hydrogens is 437 g/mol. The fourth-order valence-electron chi connectivity index (χ4n) is 3.16. The van der Waals surface area contributed by atoms with E-state index >= 15 is 0 Å². The summed E-state index contributed by atoms with van der Waals surface area (Å²) >= 11 is 0. The highest BCUT2D eigenvalue weighted by Gasteiger charge is 2.35. The fraction of sp³-hybridized carbons (Fsp3) is 0.0870. The number of carboxylic acids is 1. The van der Waals surface area contributed by atoms with Gasteiger partial charge in [-0.2, -0.15) is 13.2 Å². The lowest BCUT2D eigenvalue weighted by Gasteiger charge is -2.20. The molecular formula is C23H19F3N4O3. The highest BCUT2D eigenvalue weighted by atomic mass is 19.4. The van der Waals surface area contributed by atoms with Crippen LogP contribution in [0.4, 0.5) is 24.8 Å². The Morgan fingerprint density at radius 3 is 2.45 bits per heavy atom. The van der Waals surface area contributed by atoms with E-state index in [0.29, 0.717) is 17.5 Å². The molecule has 0 saturated heterocycles. The van der Waals surface area contributed by atoms with Gasteiger partial charge in [0.25, 0.3) is 0 Å². The molecule has 0 bridgehead atoms. The van der Waals surface area contributed by atoms with Crippen LogP contribution in [0.25, 0.3) is 16.7 Å². The maximum Gasteiger partial charge on any atom is 0.417 e. The van der Waals surface area contributed by atoms with Crippen molar-refractivity contribution in [3.8, 4) is 5.69 Å². The Morgan fingerprint density at radius 2 is 1.88 bits per heavy atom. The van der Waals surface area contributed by atoms with Crippen molar-refractivity contribution in [2.75, 3.05) is 17.2 Å². The number of carbonyl (C=O) groups is 1. The van der Waals surface area contributed by atoms with E-state index in [4.69, 9.17) is 5.11 Å². The van der Waals surface area contributed by atoms with Crippen molar-refractivity contribution in [1.29, 1.82) is 0 Å². The van der Waals surface area contributed by atoms with Crippen molar-refractivity contribution in [2.24, 2.45) is 0 Å². The predicted molar refractivity (Wildman–Crippen MR) is 121 cm³/mol. The van der Waals surface area contributed by atoms with Crippen LogP contribution in [0.5, 0.6) is 0 Å². The van der Waals surface area contributed by atoms with Gasteiger partial charge in [0.2, 0.25) is 0 Å². The Bertz CT molecular complexity index is 1310. The van der Waals surface area contributed by atoms with Crippen LogP contribution >= 0.6 is 0 Å². The number of nitrogens with zero attached hydrogens (tertiary/aromatic N) is 2. The van der Waals surface area contributed by atoms with Crippen LogP contribution in [0.3, 0.4) is 0 Å². The summed E-state index contributed by atoms with van der Waals surface area (Å²) in [6.45, 7) is 6.60. The van der Waals surface area contributed by atoms with Crippen LogP contribution in [0.15, 0.2) is 84.3 Å². The molecule has 3 rings (SSSR count). The largest absolute Gasteiger partial charge is 0.480 e. The molecule has 7 nitrogen and oxygen atoms in total. The molecule has 2 aromatic heterocycles. The third kappa shape index (κ3) is 5.12. The average Bonchev–Trinajstić information content (AvgIpc) is 2.76. The lowest BCUT2D eigenvalue weighted by molar-refractivity contribution is -0.136. The summed E-state index contributed by atoms with van der Waals surface area (Å²) < 4.78 is 43.1. The van der Waals surface area contributed by atoms with Gasteiger partial charge >= 0.3 is 12.1 Å². The molecule has 0 aliphatic heterocycles. The van der Waals surface area contributed by atoms with E-state index in [2.05, 4.69) is 28.8 Å². The van der Waals surface area contributed by atoms with Crippen molar-refractivity contribution in [1.82, 2.24) is 9.55 Å². The van der Waals surface area contributed by atoms with E-state index in [1.165, 1.54) is 16.7 Å². The van der Waals surface area contributed by atoms with E-state index < -0.39 is 35.1 Å². The maximum atomic E-state index is 13.9. The van der Waals surface area contributed by atoms with Gasteiger partial charge in [0.15, 0.2) is 11.1 Å². The van der Waals surface area contributed by atoms with Crippen molar-refractivity contribution >= 4 is 28.6 Å². The molecule has 2 heterocycles. The normalized spacial score (nSPS) is 11.8. The third-order valence-corrected chi connectivity index (χ3v) is 4.50. The number of aromatic nitrogens is 2. The summed E-state index contributed by atoms with van der Waals surface area (Å²) in [6.07, 6.45) is -0.399. The molecule has 10 heteroatoms. The van der Waals surface area contributed by atoms with Crippen molar-refractivity contribution in [2.45, 2.75) is 6.18 Å². The van der Waals surface area contributed by atoms with E-state index in [1.54, 1.807) is 36.4 Å². The van der Waals surface area contributed by atoms with Gasteiger partial charge in [-0.15, -0.1) is 0 Å². The Balaban J connectivity index is 2.45. The van der Waals surface area contributed by atoms with Gasteiger partial charge in [0.1, 0.15) is 18.2 Å². The van der Waals surface area contributed by atoms with Crippen LogP contribution in [0.2, 0.25) is 0 Å². The molecule has 0 amide bonds. The van der Waals surface area contributed by atoms with Crippen molar-refractivity contribution in [3.63, 3.8) is 0 Å². The molecule has 170 valence electrons. The minimum Gasteiger partial charge on any atom is -0.480 e. The molecule has 0 fully saturated rings. The monoisotopic (exact) mass is 456 g/mol. The molecule has 1 aromatic carbocycles. The zero-order chi connectivity index (χ0) is 24.2. The number of carboxylic acid groups (broad SMARTS) is 1. The second-order valence-corrected chi connectivity index (χ2v) is 6.75. The van der Waals surface area contributed by atoms with Gasteiger partial charge in [-0.1, -0.05) is 37.4 Å². The van der Waals surface area contributed by atoms with Crippen LogP contribution in [0, 0.1) is 0 Å². The van der Waals surface area contributed by atoms with E-state index in [-0.39, 0.29) is 17.3 Å². The zero-order valence-electron chi connectivity index (χ0n) is 17.2. The zero-order valence-corrected chi connectivity index (χ0v) is 17.2. The Hall–Kier alpha value is -4.34. The second kappa shape index (κ2) is 9.43. The lowest BCUT2D eigenvalue weighted by Crippen LogP contribution is -2.21. The minimum absolute atomic E-state index is 0.128. The molecule has 0 saturated carbocycles. The molecule has 33 heavy (non-hydrogen) atoms. The topological polar surface area (TPSA) is 96.2 Å². The van der Waals surface area contributed by atoms with Gasteiger partial charge in [-0.25, -0.2) is 4.98 Å². The first-order valence-electron chi connectivity index (χ1n) is 9.57. The van der Waals surface area contributed by atoms with Crippen LogP contribution in [-0.4, -0.2) is 27.2 Å². The number of hydrogen-bond donors (Lipinski definition) is 3. The Kier molecular flexibility index (Phi) is 6.67. The first kappa shape index (κ1) is 23.3. The molecule has 0 unspecified atom stereocenters. The standard InChI is InChI=1S/C23H19F3N4O3/c1-3-8-14(4-2)28-19-12-17(31)21-16(23(24,25)26)11-18(27-13-20(32)33)29-22(21)30(19)15-9-6-5-7-10-15/h3-12,28H,1-2,13H2,(H,27,29)(H,32,33)/b14-8+. The Labute approximate surface area is 186 Å². The van der Waals surface area contributed by atoms with E-state index in [1.807, 2.05) is 0 Å². The fourth-order valence-corrected chi connectivity index (χ4v) is 3.16. The number of aliphatic carboxylic acids is 1. The highest BCUT2D eigenvalue weighted by molar-refractivity contribution is 5.86. The second-order valence-electron chi connectivity index (χ2n) is 6.75. The lowest BCUT2D eigenvalue weighted by atomic mass is 10.1. The van der Waals surface area contributed by atoms with Crippen LogP contribution in [0.1, 0.15) is 5.56 Å². The molecule has 0 atom stereocenters. The summed E-state index contributed by atoms with van der Waals surface area (Å²) in [6, 6.07) is 10.0. The number of halogens is 3. The third-order valence-electron chi connectivity index (χ3n) is 4.50. The molecule has 0 spiro atoms. The van der Waals surface area contributed by atoms with E-state index in [0.717, 1.165) is 6.07 Å². The molecule has 0 radical (unpaired) electrons. The number of benzene rings is 1. The van der Waals surface area contributed by atoms with Gasteiger partial charge in [-0.05, 0) is 30.4 Å². The summed E-state index contributed by atoms with van der Waals surface area (Å²) in [5.74, 6) is -1.50. The number of para-hydroxylation sites is 1. The Morgan fingerprint density at radius 1 is 1.18 bits per heavy atom. The summed E-state index contributed by atoms with van der Waals surface area (Å²) in [7, 11) is 0. The van der Waals surface area contributed by atoms with Gasteiger partial charge in [0, 0.05) is 17.5 Å². The number of anilines is 2. The molecule has 3 aromatic rings. The number of alkyl halides is 3. The molecule has 0 aliphatic rings. The quantitative estimate of drug-likeness (QED) is 0.430. The number of rotatable bonds is 8. The number of fused-ring (bicyclic) bond motifs is 1. The average molecular weight is 456 g/mol. The first-order chi connectivity index (χ1) is 15.7. The summed E-state index contributed by atoms with van der Waals surface area (Å²) in [4.78, 5) is 28.0. The number of pyridine rings is 2. The van der Waals surface area contributed by atoms with Crippen LogP contribution in [-0.2, 0) is 11.0 Å². The maximum absolute atomic E-state index is 13.9.